The van der Waals surface area contributed by atoms with E-state index in [1.54, 1.807) is 35.8 Å². The summed E-state index contributed by atoms with van der Waals surface area (Å²) in [7, 11) is 1.47. The summed E-state index contributed by atoms with van der Waals surface area (Å²) in [5.74, 6) is 0.183. The van der Waals surface area contributed by atoms with Crippen LogP contribution in [0.2, 0.25) is 0 Å². The molecule has 0 saturated heterocycles. The number of ether oxygens (including phenoxy) is 2. The quantitative estimate of drug-likeness (QED) is 0.678. The van der Waals surface area contributed by atoms with Gasteiger partial charge in [-0.2, -0.15) is 0 Å². The van der Waals surface area contributed by atoms with Gasteiger partial charge < -0.3 is 14.6 Å². The van der Waals surface area contributed by atoms with E-state index in [0.29, 0.717) is 26.4 Å². The molecule has 5 rings (SSSR count). The van der Waals surface area contributed by atoms with Gasteiger partial charge >= 0.3 is 0 Å². The number of nitrogens with zero attached hydrogens (tertiary/aromatic N) is 2. The summed E-state index contributed by atoms with van der Waals surface area (Å²) in [6.45, 7) is 3.29. The molecule has 1 aromatic heterocycles. The second-order valence-electron chi connectivity index (χ2n) is 7.81. The monoisotopic (exact) mass is 436 g/mol. The van der Waals surface area contributed by atoms with Crippen molar-refractivity contribution in [2.24, 2.45) is 10.9 Å². The van der Waals surface area contributed by atoms with Gasteiger partial charge in [-0.05, 0) is 32.1 Å². The lowest BCUT2D eigenvalue weighted by Gasteiger charge is -2.45. The normalized spacial score (nSPS) is 23.9. The topological polar surface area (TPSA) is 90.1 Å². The molecule has 0 spiro atoms. The number of aromatic nitrogens is 1. The molecule has 8 heteroatoms. The van der Waals surface area contributed by atoms with Crippen LogP contribution in [0.25, 0.3) is 6.08 Å². The fraction of sp³-hybridized carbons (Fsp3) is 0.261. The van der Waals surface area contributed by atoms with E-state index in [-0.39, 0.29) is 17.1 Å². The number of Topliss-reactive ketones (excluding diaryl/α,β-unsaturated/α-hetero) is 1. The van der Waals surface area contributed by atoms with Crippen molar-refractivity contribution in [2.45, 2.75) is 25.6 Å². The van der Waals surface area contributed by atoms with Gasteiger partial charge in [-0.15, -0.1) is 0 Å². The number of thiazole rings is 1. The van der Waals surface area contributed by atoms with Gasteiger partial charge in [-0.25, -0.2) is 4.99 Å². The molecule has 3 atom stereocenters. The minimum Gasteiger partial charge on any atom is -0.504 e. The first-order valence-electron chi connectivity index (χ1n) is 9.81. The fourth-order valence-corrected chi connectivity index (χ4v) is 5.61. The Kier molecular flexibility index (Phi) is 4.30. The summed E-state index contributed by atoms with van der Waals surface area (Å²) in [4.78, 5) is 31.3. The number of carbonyl (C=O) groups is 1. The lowest BCUT2D eigenvalue weighted by Crippen LogP contribution is -2.58. The lowest BCUT2D eigenvalue weighted by molar-refractivity contribution is -0.132. The summed E-state index contributed by atoms with van der Waals surface area (Å²) < 4.78 is 13.3. The number of benzene rings is 2. The van der Waals surface area contributed by atoms with E-state index in [0.717, 1.165) is 5.56 Å². The van der Waals surface area contributed by atoms with E-state index in [9.17, 15) is 14.7 Å². The van der Waals surface area contributed by atoms with Gasteiger partial charge in [0.25, 0.3) is 5.56 Å². The third-order valence-corrected chi connectivity index (χ3v) is 6.84. The van der Waals surface area contributed by atoms with Gasteiger partial charge in [0.1, 0.15) is 17.5 Å². The first-order chi connectivity index (χ1) is 14.8. The maximum absolute atomic E-state index is 13.5. The number of methoxy groups -OCH3 is 1. The second-order valence-corrected chi connectivity index (χ2v) is 8.82. The molecule has 3 heterocycles. The number of aromatic hydroxyl groups is 1. The maximum Gasteiger partial charge on any atom is 0.270 e. The van der Waals surface area contributed by atoms with E-state index in [1.165, 1.54) is 25.4 Å². The smallest absolute Gasteiger partial charge is 0.270 e. The number of phenols is 1. The van der Waals surface area contributed by atoms with Crippen LogP contribution in [0.5, 0.6) is 17.2 Å². The predicted octanol–water partition coefficient (Wildman–Crippen LogP) is 1.99. The molecule has 0 unspecified atom stereocenters. The zero-order valence-electron chi connectivity index (χ0n) is 17.2. The predicted molar refractivity (Wildman–Crippen MR) is 115 cm³/mol. The van der Waals surface area contributed by atoms with Crippen LogP contribution in [0.1, 0.15) is 31.0 Å². The molecule has 0 fully saturated rings. The number of phenolic OH excluding ortho intramolecular Hbond substituents is 1. The summed E-state index contributed by atoms with van der Waals surface area (Å²) >= 11 is 1.21. The van der Waals surface area contributed by atoms with E-state index in [2.05, 4.69) is 0 Å². The highest BCUT2D eigenvalue weighted by Gasteiger charge is 2.53. The van der Waals surface area contributed by atoms with Gasteiger partial charge in [0.2, 0.25) is 5.72 Å². The molecule has 0 amide bonds. The molecule has 2 aliphatic heterocycles. The summed E-state index contributed by atoms with van der Waals surface area (Å²) in [6, 6.07) is 12.0. The molecule has 158 valence electrons. The van der Waals surface area contributed by atoms with E-state index < -0.39 is 17.7 Å². The zero-order chi connectivity index (χ0) is 21.9. The zero-order valence-corrected chi connectivity index (χ0v) is 18.0. The van der Waals surface area contributed by atoms with E-state index in [4.69, 9.17) is 14.5 Å². The molecular weight excluding hydrogens is 416 g/mol. The minimum absolute atomic E-state index is 0.0429. The number of hydrogen-bond donors (Lipinski definition) is 1. The van der Waals surface area contributed by atoms with E-state index >= 15 is 0 Å². The van der Waals surface area contributed by atoms with Gasteiger partial charge in [0, 0.05) is 11.1 Å². The van der Waals surface area contributed by atoms with Crippen molar-refractivity contribution < 1.29 is 19.4 Å². The van der Waals surface area contributed by atoms with Crippen LogP contribution < -0.4 is 24.4 Å². The highest BCUT2D eigenvalue weighted by atomic mass is 32.1. The molecule has 2 bridgehead atoms. The third kappa shape index (κ3) is 2.82. The molecule has 2 aliphatic rings. The number of rotatable bonds is 3. The van der Waals surface area contributed by atoms with Crippen molar-refractivity contribution >= 4 is 23.2 Å². The van der Waals surface area contributed by atoms with Crippen molar-refractivity contribution in [1.82, 2.24) is 4.57 Å². The number of hydrogen-bond acceptors (Lipinski definition) is 7. The lowest BCUT2D eigenvalue weighted by atomic mass is 9.79. The van der Waals surface area contributed by atoms with Gasteiger partial charge in [-0.3, -0.25) is 14.2 Å². The molecule has 3 aromatic rings. The Morgan fingerprint density at radius 2 is 2.06 bits per heavy atom. The standard InChI is InChI=1S/C23H20N2O5S/c1-12(26)18-19-14-8-4-5-9-15(14)30-23(18,2)24-22-25(19)21(28)17(31-22)11-13-7-6-10-16(29-3)20(13)27/h4-11,18-19,27H,1-3H3/b17-11-/t18-,19+,23+/m1/s1. The number of fused-ring (bicyclic) bond motifs is 6. The van der Waals surface area contributed by atoms with Crippen molar-refractivity contribution in [3.63, 3.8) is 0 Å². The van der Waals surface area contributed by atoms with Crippen molar-refractivity contribution in [1.29, 1.82) is 0 Å². The summed E-state index contributed by atoms with van der Waals surface area (Å²) in [5, 5.41) is 10.4. The van der Waals surface area contributed by atoms with Crippen LogP contribution >= 0.6 is 11.3 Å². The summed E-state index contributed by atoms with van der Waals surface area (Å²) in [5.41, 5.74) is -0.116. The van der Waals surface area contributed by atoms with Crippen LogP contribution in [0.3, 0.4) is 0 Å². The van der Waals surface area contributed by atoms with Gasteiger partial charge in [-0.1, -0.05) is 41.7 Å². The van der Waals surface area contributed by atoms with Gasteiger partial charge in [0.05, 0.1) is 17.7 Å². The van der Waals surface area contributed by atoms with Crippen molar-refractivity contribution in [3.8, 4) is 17.2 Å². The Balaban J connectivity index is 1.80. The fourth-order valence-electron chi connectivity index (χ4n) is 4.52. The van der Waals surface area contributed by atoms with Crippen LogP contribution in [-0.4, -0.2) is 28.3 Å². The first kappa shape index (κ1) is 19.6. The van der Waals surface area contributed by atoms with Crippen LogP contribution in [0.4, 0.5) is 0 Å². The average molecular weight is 436 g/mol. The average Bonchev–Trinajstić information content (AvgIpc) is 3.02. The Labute approximate surface area is 181 Å². The SMILES string of the molecule is COc1cccc(/C=c2\sc3n(c2=O)[C@H]2c4ccccc4O[C@](C)(N=3)[C@@H]2C(C)=O)c1O. The number of ketones is 1. The van der Waals surface area contributed by atoms with E-state index in [1.807, 2.05) is 24.3 Å². The highest BCUT2D eigenvalue weighted by Crippen LogP contribution is 2.47. The second kappa shape index (κ2) is 6.81. The minimum atomic E-state index is -1.10. The largest absolute Gasteiger partial charge is 0.504 e. The maximum atomic E-state index is 13.5. The Hall–Kier alpha value is -3.39. The van der Waals surface area contributed by atoms with Crippen LogP contribution in [-0.2, 0) is 4.79 Å². The third-order valence-electron chi connectivity index (χ3n) is 5.85. The van der Waals surface area contributed by atoms with Crippen molar-refractivity contribution in [2.75, 3.05) is 7.11 Å². The molecule has 1 N–H and O–H groups in total. The van der Waals surface area contributed by atoms with Crippen LogP contribution in [0, 0.1) is 5.92 Å². The van der Waals surface area contributed by atoms with Crippen LogP contribution in [0.15, 0.2) is 52.3 Å². The Bertz CT molecular complexity index is 1410. The molecular formula is C23H20N2O5S. The Morgan fingerprint density at radius 3 is 2.81 bits per heavy atom. The molecule has 7 nitrogen and oxygen atoms in total. The first-order valence-corrected chi connectivity index (χ1v) is 10.6. The van der Waals surface area contributed by atoms with Crippen molar-refractivity contribution in [3.05, 3.63) is 73.3 Å². The Morgan fingerprint density at radius 1 is 1.29 bits per heavy atom. The molecule has 0 saturated carbocycles. The highest BCUT2D eigenvalue weighted by molar-refractivity contribution is 7.07. The molecule has 31 heavy (non-hydrogen) atoms. The van der Waals surface area contributed by atoms with Gasteiger partial charge in [0.15, 0.2) is 16.3 Å². The molecule has 2 aromatic carbocycles. The summed E-state index contributed by atoms with van der Waals surface area (Å²) in [6.07, 6.45) is 1.62. The number of para-hydroxylation sites is 2. The molecule has 0 aliphatic carbocycles. The number of carbonyl (C=O) groups excluding carboxylic acids is 1. The molecule has 0 radical (unpaired) electrons.